The molecule has 1 amide bonds. The molecule has 1 spiro atoms. The predicted octanol–water partition coefficient (Wildman–Crippen LogP) is 1.65. The SMILES string of the molecule is CC1=C(C)NC(=O)C2(CCCC2)N(C)C1. The quantitative estimate of drug-likeness (QED) is 0.656. The van der Waals surface area contributed by atoms with Crippen LogP contribution in [-0.4, -0.2) is 29.9 Å². The number of nitrogens with zero attached hydrogens (tertiary/aromatic N) is 1. The number of likely N-dealkylation sites (N-methyl/N-ethyl adjacent to an activating group) is 1. The van der Waals surface area contributed by atoms with Crippen LogP contribution >= 0.6 is 0 Å². The molecule has 0 aromatic carbocycles. The minimum absolute atomic E-state index is 0.205. The highest BCUT2D eigenvalue weighted by Crippen LogP contribution is 2.36. The van der Waals surface area contributed by atoms with E-state index in [1.165, 1.54) is 18.4 Å². The highest BCUT2D eigenvalue weighted by molar-refractivity contribution is 5.88. The molecule has 84 valence electrons. The summed E-state index contributed by atoms with van der Waals surface area (Å²) < 4.78 is 0. The summed E-state index contributed by atoms with van der Waals surface area (Å²) in [5, 5.41) is 3.05. The molecule has 2 aliphatic rings. The molecule has 1 heterocycles. The van der Waals surface area contributed by atoms with Crippen molar-refractivity contribution < 1.29 is 4.79 Å². The van der Waals surface area contributed by atoms with E-state index in [2.05, 4.69) is 24.2 Å². The van der Waals surface area contributed by atoms with Crippen LogP contribution in [0.1, 0.15) is 39.5 Å². The molecule has 1 fully saturated rings. The Bertz CT molecular complexity index is 314. The van der Waals surface area contributed by atoms with Crippen molar-refractivity contribution in [3.63, 3.8) is 0 Å². The van der Waals surface area contributed by atoms with Gasteiger partial charge in [0.25, 0.3) is 0 Å². The van der Waals surface area contributed by atoms with E-state index in [-0.39, 0.29) is 11.4 Å². The Morgan fingerprint density at radius 2 is 1.87 bits per heavy atom. The molecule has 0 bridgehead atoms. The Hall–Kier alpha value is -0.830. The van der Waals surface area contributed by atoms with Crippen molar-refractivity contribution in [1.82, 2.24) is 10.2 Å². The molecule has 1 saturated carbocycles. The van der Waals surface area contributed by atoms with E-state index in [4.69, 9.17) is 0 Å². The minimum Gasteiger partial charge on any atom is -0.328 e. The van der Waals surface area contributed by atoms with E-state index in [9.17, 15) is 4.79 Å². The van der Waals surface area contributed by atoms with Gasteiger partial charge in [0.2, 0.25) is 5.91 Å². The lowest BCUT2D eigenvalue weighted by molar-refractivity contribution is -0.131. The zero-order chi connectivity index (χ0) is 11.1. The van der Waals surface area contributed by atoms with Crippen LogP contribution in [0.15, 0.2) is 11.3 Å². The normalized spacial score (nSPS) is 27.0. The largest absolute Gasteiger partial charge is 0.328 e. The van der Waals surface area contributed by atoms with Gasteiger partial charge in [-0.05, 0) is 39.3 Å². The molecular weight excluding hydrogens is 188 g/mol. The van der Waals surface area contributed by atoms with E-state index in [0.29, 0.717) is 0 Å². The Kier molecular flexibility index (Phi) is 2.59. The van der Waals surface area contributed by atoms with Gasteiger partial charge in [0.05, 0.1) is 0 Å². The van der Waals surface area contributed by atoms with Crippen molar-refractivity contribution in [2.24, 2.45) is 0 Å². The van der Waals surface area contributed by atoms with Crippen molar-refractivity contribution in [1.29, 1.82) is 0 Å². The Balaban J connectivity index is 2.32. The number of rotatable bonds is 0. The highest BCUT2D eigenvalue weighted by Gasteiger charge is 2.45. The van der Waals surface area contributed by atoms with Crippen LogP contribution in [0.4, 0.5) is 0 Å². The summed E-state index contributed by atoms with van der Waals surface area (Å²) in [4.78, 5) is 14.5. The molecule has 0 saturated heterocycles. The van der Waals surface area contributed by atoms with E-state index in [1.807, 2.05) is 6.92 Å². The molecule has 0 radical (unpaired) electrons. The smallest absolute Gasteiger partial charge is 0.244 e. The molecule has 0 atom stereocenters. The van der Waals surface area contributed by atoms with Gasteiger partial charge in [-0.2, -0.15) is 0 Å². The predicted molar refractivity (Wildman–Crippen MR) is 60.3 cm³/mol. The maximum absolute atomic E-state index is 12.2. The molecule has 1 N–H and O–H groups in total. The molecule has 0 aromatic rings. The average molecular weight is 208 g/mol. The maximum atomic E-state index is 12.2. The van der Waals surface area contributed by atoms with Gasteiger partial charge >= 0.3 is 0 Å². The lowest BCUT2D eigenvalue weighted by Crippen LogP contribution is -2.54. The Morgan fingerprint density at radius 1 is 1.27 bits per heavy atom. The third kappa shape index (κ3) is 1.59. The van der Waals surface area contributed by atoms with Gasteiger partial charge in [-0.15, -0.1) is 0 Å². The molecular formula is C12H20N2O. The second-order valence-electron chi connectivity index (χ2n) is 4.95. The molecule has 3 heteroatoms. The first-order chi connectivity index (χ1) is 7.06. The maximum Gasteiger partial charge on any atom is 0.244 e. The topological polar surface area (TPSA) is 32.3 Å². The van der Waals surface area contributed by atoms with Gasteiger partial charge in [-0.25, -0.2) is 0 Å². The summed E-state index contributed by atoms with van der Waals surface area (Å²) in [6.45, 7) is 5.00. The second-order valence-corrected chi connectivity index (χ2v) is 4.95. The number of hydrogen-bond acceptors (Lipinski definition) is 2. The summed E-state index contributed by atoms with van der Waals surface area (Å²) in [5.41, 5.74) is 2.09. The number of allylic oxidation sites excluding steroid dienone is 1. The number of carbonyl (C=O) groups excluding carboxylic acids is 1. The first-order valence-electron chi connectivity index (χ1n) is 5.75. The summed E-state index contributed by atoms with van der Waals surface area (Å²) >= 11 is 0. The van der Waals surface area contributed by atoms with E-state index < -0.39 is 0 Å². The highest BCUT2D eigenvalue weighted by atomic mass is 16.2. The fourth-order valence-corrected chi connectivity index (χ4v) is 2.76. The van der Waals surface area contributed by atoms with Gasteiger partial charge in [0, 0.05) is 12.2 Å². The zero-order valence-corrected chi connectivity index (χ0v) is 9.89. The van der Waals surface area contributed by atoms with Gasteiger partial charge in [-0.3, -0.25) is 9.69 Å². The zero-order valence-electron chi connectivity index (χ0n) is 9.89. The van der Waals surface area contributed by atoms with Crippen LogP contribution < -0.4 is 5.32 Å². The van der Waals surface area contributed by atoms with Crippen LogP contribution in [0.3, 0.4) is 0 Å². The summed E-state index contributed by atoms with van der Waals surface area (Å²) in [6.07, 6.45) is 4.37. The molecule has 2 rings (SSSR count). The van der Waals surface area contributed by atoms with Gasteiger partial charge in [0.15, 0.2) is 0 Å². The summed E-state index contributed by atoms with van der Waals surface area (Å²) in [5.74, 6) is 0.205. The monoisotopic (exact) mass is 208 g/mol. The van der Waals surface area contributed by atoms with Crippen LogP contribution in [0, 0.1) is 0 Å². The third-order valence-corrected chi connectivity index (χ3v) is 4.00. The van der Waals surface area contributed by atoms with E-state index in [1.54, 1.807) is 0 Å². The summed E-state index contributed by atoms with van der Waals surface area (Å²) in [6, 6.07) is 0. The Morgan fingerprint density at radius 3 is 2.47 bits per heavy atom. The average Bonchev–Trinajstić information content (AvgIpc) is 2.64. The van der Waals surface area contributed by atoms with Crippen LogP contribution in [0.2, 0.25) is 0 Å². The molecule has 3 nitrogen and oxygen atoms in total. The number of nitrogens with one attached hydrogen (secondary N) is 1. The second kappa shape index (κ2) is 3.63. The van der Waals surface area contributed by atoms with Crippen molar-refractivity contribution in [3.05, 3.63) is 11.3 Å². The first kappa shape index (κ1) is 10.7. The lowest BCUT2D eigenvalue weighted by Gasteiger charge is -2.35. The number of amides is 1. The van der Waals surface area contributed by atoms with Crippen molar-refractivity contribution in [2.45, 2.75) is 45.1 Å². The molecule has 1 aliphatic heterocycles. The van der Waals surface area contributed by atoms with Crippen molar-refractivity contribution in [2.75, 3.05) is 13.6 Å². The molecule has 0 aromatic heterocycles. The van der Waals surface area contributed by atoms with Gasteiger partial charge < -0.3 is 5.32 Å². The molecule has 15 heavy (non-hydrogen) atoms. The van der Waals surface area contributed by atoms with Crippen molar-refractivity contribution >= 4 is 5.91 Å². The lowest BCUT2D eigenvalue weighted by atomic mass is 9.94. The first-order valence-corrected chi connectivity index (χ1v) is 5.75. The van der Waals surface area contributed by atoms with Gasteiger partial charge in [0.1, 0.15) is 5.54 Å². The van der Waals surface area contributed by atoms with Gasteiger partial charge in [-0.1, -0.05) is 12.8 Å². The van der Waals surface area contributed by atoms with Crippen LogP contribution in [-0.2, 0) is 4.79 Å². The van der Waals surface area contributed by atoms with Crippen LogP contribution in [0.25, 0.3) is 0 Å². The van der Waals surface area contributed by atoms with E-state index in [0.717, 1.165) is 25.1 Å². The standard InChI is InChI=1S/C12H20N2O/c1-9-8-14(3)12(6-4-5-7-12)11(15)13-10(9)2/h4-8H2,1-3H3,(H,13,15). The van der Waals surface area contributed by atoms with Crippen molar-refractivity contribution in [3.8, 4) is 0 Å². The molecule has 0 unspecified atom stereocenters. The number of carbonyl (C=O) groups is 1. The van der Waals surface area contributed by atoms with Crippen LogP contribution in [0.5, 0.6) is 0 Å². The van der Waals surface area contributed by atoms with E-state index >= 15 is 0 Å². The molecule has 1 aliphatic carbocycles. The summed E-state index contributed by atoms with van der Waals surface area (Å²) in [7, 11) is 2.08. The fraction of sp³-hybridized carbons (Fsp3) is 0.750. The Labute approximate surface area is 91.5 Å². The fourth-order valence-electron chi connectivity index (χ4n) is 2.76. The third-order valence-electron chi connectivity index (χ3n) is 4.00. The number of hydrogen-bond donors (Lipinski definition) is 1. The minimum atomic E-state index is -0.223.